The minimum atomic E-state index is -1.09. The molecule has 0 aromatic heterocycles. The summed E-state index contributed by atoms with van der Waals surface area (Å²) in [6, 6.07) is 9.59. The van der Waals surface area contributed by atoms with Crippen molar-refractivity contribution in [3.63, 3.8) is 0 Å². The van der Waals surface area contributed by atoms with Crippen LogP contribution in [0.3, 0.4) is 0 Å². The van der Waals surface area contributed by atoms with Gasteiger partial charge < -0.3 is 19.7 Å². The van der Waals surface area contributed by atoms with Crippen LogP contribution in [0.2, 0.25) is 0 Å². The highest BCUT2D eigenvalue weighted by atomic mass is 32.1. The molecule has 0 unspecified atom stereocenters. The van der Waals surface area contributed by atoms with Gasteiger partial charge in [-0.1, -0.05) is 18.2 Å². The van der Waals surface area contributed by atoms with E-state index in [4.69, 9.17) is 9.47 Å². The largest absolute Gasteiger partial charge is 0.508 e. The molecule has 29 heavy (non-hydrogen) atoms. The van der Waals surface area contributed by atoms with Gasteiger partial charge in [0.05, 0.1) is 29.6 Å². The number of phenols is 1. The molecule has 0 fully saturated rings. The molecule has 0 radical (unpaired) electrons. The standard InChI is InChI=1S/C22H15NO5S/c24-14-4-6-17-20(11-14)28-19-7-9-27-8-1-2-16(19)21(17)15-5-3-13(23-12-29)10-18(15)22(25)26/h1-7,10-11,24H,8-9H2,(H,25,26)/b2-1-,19-7+. The van der Waals surface area contributed by atoms with E-state index in [1.165, 1.54) is 12.1 Å². The van der Waals surface area contributed by atoms with Gasteiger partial charge in [-0.3, -0.25) is 0 Å². The second kappa shape index (κ2) is 7.85. The van der Waals surface area contributed by atoms with Gasteiger partial charge in [0, 0.05) is 22.8 Å². The predicted octanol–water partition coefficient (Wildman–Crippen LogP) is 4.49. The van der Waals surface area contributed by atoms with E-state index in [1.54, 1.807) is 30.3 Å². The Morgan fingerprint density at radius 2 is 1.97 bits per heavy atom. The Kier molecular flexibility index (Phi) is 5.10. The third-order valence-electron chi connectivity index (χ3n) is 4.55. The van der Waals surface area contributed by atoms with Crippen molar-refractivity contribution in [1.82, 2.24) is 0 Å². The van der Waals surface area contributed by atoms with Crippen LogP contribution >= 0.6 is 12.2 Å². The van der Waals surface area contributed by atoms with Crippen molar-refractivity contribution in [2.75, 3.05) is 13.2 Å². The van der Waals surface area contributed by atoms with Crippen LogP contribution < -0.4 is 4.74 Å². The topological polar surface area (TPSA) is 88.4 Å². The number of aliphatic imine (C=N–C) groups is 1. The van der Waals surface area contributed by atoms with Crippen molar-refractivity contribution in [3.05, 3.63) is 82.6 Å². The lowest BCUT2D eigenvalue weighted by Gasteiger charge is -2.26. The Balaban J connectivity index is 2.05. The van der Waals surface area contributed by atoms with Gasteiger partial charge in [0.25, 0.3) is 0 Å². The Labute approximate surface area is 171 Å². The van der Waals surface area contributed by atoms with Gasteiger partial charge in [0.1, 0.15) is 17.3 Å². The minimum Gasteiger partial charge on any atom is -0.508 e. The van der Waals surface area contributed by atoms with E-state index in [0.717, 1.165) is 5.57 Å². The third-order valence-corrected chi connectivity index (χ3v) is 4.64. The Bertz CT molecular complexity index is 1160. The molecule has 6 nitrogen and oxygen atoms in total. The molecule has 2 heterocycles. The zero-order valence-electron chi connectivity index (χ0n) is 15.1. The molecule has 144 valence electrons. The lowest BCUT2D eigenvalue weighted by atomic mass is 9.86. The molecule has 0 amide bonds. The number of thiocarbonyl (C=S) groups is 1. The number of isothiocyanates is 1. The number of hydrogen-bond donors (Lipinski definition) is 2. The van der Waals surface area contributed by atoms with Gasteiger partial charge in [-0.15, -0.1) is 0 Å². The highest BCUT2D eigenvalue weighted by molar-refractivity contribution is 7.78. The van der Waals surface area contributed by atoms with E-state index >= 15 is 0 Å². The molecule has 4 rings (SSSR count). The number of fused-ring (bicyclic) bond motifs is 2. The average Bonchev–Trinajstić information content (AvgIpc) is 2.68. The summed E-state index contributed by atoms with van der Waals surface area (Å²) in [4.78, 5) is 15.9. The second-order valence-electron chi connectivity index (χ2n) is 6.32. The Hall–Kier alpha value is -3.51. The number of allylic oxidation sites excluding steroid dienone is 1. The number of hydrogen-bond acceptors (Lipinski definition) is 6. The molecular formula is C22H15NO5S. The molecule has 2 aromatic rings. The van der Waals surface area contributed by atoms with E-state index < -0.39 is 5.97 Å². The van der Waals surface area contributed by atoms with Crippen molar-refractivity contribution in [3.8, 4) is 11.5 Å². The van der Waals surface area contributed by atoms with Gasteiger partial charge in [0.15, 0.2) is 0 Å². The van der Waals surface area contributed by atoms with E-state index in [1.807, 2.05) is 12.2 Å². The highest BCUT2D eigenvalue weighted by Gasteiger charge is 2.28. The maximum Gasteiger partial charge on any atom is 0.336 e. The van der Waals surface area contributed by atoms with Gasteiger partial charge in [-0.2, -0.15) is 4.99 Å². The zero-order valence-corrected chi connectivity index (χ0v) is 15.9. The van der Waals surface area contributed by atoms with Crippen LogP contribution in [-0.2, 0) is 4.74 Å². The molecule has 0 spiro atoms. The fraction of sp³-hybridized carbons (Fsp3) is 0.0909. The first-order valence-electron chi connectivity index (χ1n) is 8.74. The SMILES string of the molecule is O=C(O)c1cc(N=C=S)ccc1C1=C2/C=C\COC/C=C\2Oc2cc(O)ccc21. The molecule has 0 atom stereocenters. The quantitative estimate of drug-likeness (QED) is 0.578. The Morgan fingerprint density at radius 3 is 2.76 bits per heavy atom. The first-order chi connectivity index (χ1) is 14.1. The number of ether oxygens (including phenoxy) is 2. The summed E-state index contributed by atoms with van der Waals surface area (Å²) < 4.78 is 11.4. The van der Waals surface area contributed by atoms with E-state index in [0.29, 0.717) is 47.1 Å². The smallest absolute Gasteiger partial charge is 0.336 e. The molecule has 0 bridgehead atoms. The van der Waals surface area contributed by atoms with Gasteiger partial charge in [0.2, 0.25) is 0 Å². The van der Waals surface area contributed by atoms with Crippen LogP contribution in [-0.4, -0.2) is 34.6 Å². The van der Waals surface area contributed by atoms with Crippen molar-refractivity contribution in [1.29, 1.82) is 0 Å². The normalized spacial score (nSPS) is 18.0. The predicted molar refractivity (Wildman–Crippen MR) is 111 cm³/mol. The van der Waals surface area contributed by atoms with Crippen LogP contribution in [0.1, 0.15) is 21.5 Å². The van der Waals surface area contributed by atoms with Crippen molar-refractivity contribution >= 4 is 34.6 Å². The molecule has 2 aliphatic rings. The number of carboxylic acids is 1. The monoisotopic (exact) mass is 405 g/mol. The fourth-order valence-electron chi connectivity index (χ4n) is 3.34. The van der Waals surface area contributed by atoms with Gasteiger partial charge in [-0.05, 0) is 48.1 Å². The van der Waals surface area contributed by atoms with Crippen molar-refractivity contribution < 1.29 is 24.5 Å². The first kappa shape index (κ1) is 18.8. The third kappa shape index (κ3) is 3.62. The summed E-state index contributed by atoms with van der Waals surface area (Å²) in [6.07, 6.45) is 5.49. The number of aromatic hydroxyl groups is 1. The number of phenolic OH excluding ortho intramolecular Hbond substituents is 1. The maximum absolute atomic E-state index is 12.0. The Morgan fingerprint density at radius 1 is 1.14 bits per heavy atom. The highest BCUT2D eigenvalue weighted by Crippen LogP contribution is 2.44. The number of rotatable bonds is 3. The fourth-order valence-corrected chi connectivity index (χ4v) is 3.44. The number of carboxylic acid groups (broad SMARTS) is 1. The van der Waals surface area contributed by atoms with Crippen LogP contribution in [0.5, 0.6) is 11.5 Å². The zero-order chi connectivity index (χ0) is 20.4. The molecule has 2 aliphatic heterocycles. The minimum absolute atomic E-state index is 0.0499. The molecule has 0 saturated heterocycles. The van der Waals surface area contributed by atoms with Crippen molar-refractivity contribution in [2.45, 2.75) is 0 Å². The molecule has 0 aliphatic carbocycles. The lowest BCUT2D eigenvalue weighted by molar-refractivity contribution is 0.0696. The lowest BCUT2D eigenvalue weighted by Crippen LogP contribution is -2.14. The van der Waals surface area contributed by atoms with Crippen LogP contribution in [0.15, 0.2) is 71.0 Å². The molecule has 7 heteroatoms. The van der Waals surface area contributed by atoms with Crippen LogP contribution in [0, 0.1) is 0 Å². The molecule has 2 N–H and O–H groups in total. The van der Waals surface area contributed by atoms with Gasteiger partial charge in [-0.25, -0.2) is 4.79 Å². The first-order valence-corrected chi connectivity index (χ1v) is 9.15. The number of carbonyl (C=O) groups is 1. The summed E-state index contributed by atoms with van der Waals surface area (Å²) in [7, 11) is 0. The van der Waals surface area contributed by atoms with Gasteiger partial charge >= 0.3 is 5.97 Å². The molecular weight excluding hydrogens is 390 g/mol. The van der Waals surface area contributed by atoms with Crippen LogP contribution in [0.25, 0.3) is 5.57 Å². The second-order valence-corrected chi connectivity index (χ2v) is 6.50. The average molecular weight is 405 g/mol. The van der Waals surface area contributed by atoms with Crippen molar-refractivity contribution in [2.24, 2.45) is 4.99 Å². The molecule has 0 saturated carbocycles. The summed E-state index contributed by atoms with van der Waals surface area (Å²) in [5.41, 5.74) is 3.08. The maximum atomic E-state index is 12.0. The van der Waals surface area contributed by atoms with E-state index in [2.05, 4.69) is 22.4 Å². The number of aromatic carboxylic acids is 1. The summed E-state index contributed by atoms with van der Waals surface area (Å²) in [5.74, 6) is -0.0772. The number of nitrogens with zero attached hydrogens (tertiary/aromatic N) is 1. The van der Waals surface area contributed by atoms with E-state index in [9.17, 15) is 15.0 Å². The van der Waals surface area contributed by atoms with Crippen LogP contribution in [0.4, 0.5) is 5.69 Å². The summed E-state index contributed by atoms with van der Waals surface area (Å²) in [5, 5.41) is 22.0. The number of benzene rings is 2. The molecule has 2 aromatic carbocycles. The summed E-state index contributed by atoms with van der Waals surface area (Å²) >= 11 is 4.63. The summed E-state index contributed by atoms with van der Waals surface area (Å²) in [6.45, 7) is 0.774. The van der Waals surface area contributed by atoms with E-state index in [-0.39, 0.29) is 11.3 Å².